The van der Waals surface area contributed by atoms with Gasteiger partial charge in [-0.3, -0.25) is 4.79 Å². The van der Waals surface area contributed by atoms with Gasteiger partial charge in [-0.15, -0.1) is 11.3 Å². The van der Waals surface area contributed by atoms with Gasteiger partial charge in [0, 0.05) is 28.2 Å². The van der Waals surface area contributed by atoms with Gasteiger partial charge < -0.3 is 19.9 Å². The van der Waals surface area contributed by atoms with E-state index in [9.17, 15) is 9.59 Å². The average molecular weight is 491 g/mol. The van der Waals surface area contributed by atoms with Crippen LogP contribution in [-0.2, 0) is 29.0 Å². The van der Waals surface area contributed by atoms with Crippen LogP contribution in [0.4, 0.5) is 11.4 Å². The Kier molecular flexibility index (Phi) is 7.51. The Morgan fingerprint density at radius 2 is 1.91 bits per heavy atom. The number of nitrogens with one attached hydrogen (secondary N) is 2. The van der Waals surface area contributed by atoms with Gasteiger partial charge in [0.05, 0.1) is 31.1 Å². The van der Waals surface area contributed by atoms with E-state index >= 15 is 0 Å². The number of amides is 1. The third-order valence-electron chi connectivity index (χ3n) is 5.56. The summed E-state index contributed by atoms with van der Waals surface area (Å²) in [6, 6.07) is 15.6. The number of methoxy groups -OCH3 is 1. The van der Waals surface area contributed by atoms with Gasteiger partial charge in [0.15, 0.2) is 5.69 Å². The molecule has 4 rings (SSSR count). The first-order chi connectivity index (χ1) is 16.9. The summed E-state index contributed by atoms with van der Waals surface area (Å²) in [5, 5.41) is 7.09. The van der Waals surface area contributed by atoms with E-state index in [1.807, 2.05) is 41.0 Å². The lowest BCUT2D eigenvalue weighted by molar-refractivity contribution is -0.115. The number of hydrogen-bond donors (Lipinski definition) is 2. The van der Waals surface area contributed by atoms with Gasteiger partial charge in [0.1, 0.15) is 5.65 Å². The Morgan fingerprint density at radius 3 is 2.57 bits per heavy atom. The first-order valence-electron chi connectivity index (χ1n) is 11.6. The number of pyridine rings is 1. The monoisotopic (exact) mass is 490 g/mol. The highest BCUT2D eigenvalue weighted by molar-refractivity contribution is 7.11. The fraction of sp³-hybridized carbons (Fsp3) is 0.296. The molecule has 0 radical (unpaired) electrons. The molecule has 8 heteroatoms. The van der Waals surface area contributed by atoms with Crippen molar-refractivity contribution < 1.29 is 14.3 Å². The van der Waals surface area contributed by atoms with Crippen LogP contribution in [0.3, 0.4) is 0 Å². The SMILES string of the molecule is COC(=O)c1c(NC(=O)Cc2ccccc2)c2cc(NCc3ccc(C)s3)cnc2n1CC(C)C. The van der Waals surface area contributed by atoms with E-state index in [2.05, 4.69) is 48.5 Å². The fourth-order valence-corrected chi connectivity index (χ4v) is 4.86. The van der Waals surface area contributed by atoms with Crippen molar-refractivity contribution in [3.05, 3.63) is 75.7 Å². The van der Waals surface area contributed by atoms with Crippen molar-refractivity contribution in [1.29, 1.82) is 0 Å². The van der Waals surface area contributed by atoms with Gasteiger partial charge in [-0.05, 0) is 36.6 Å². The number of aromatic nitrogens is 2. The minimum absolute atomic E-state index is 0.196. The molecule has 0 aliphatic rings. The summed E-state index contributed by atoms with van der Waals surface area (Å²) >= 11 is 1.74. The second-order valence-corrected chi connectivity index (χ2v) is 10.3. The van der Waals surface area contributed by atoms with Gasteiger partial charge in [-0.2, -0.15) is 0 Å². The summed E-state index contributed by atoms with van der Waals surface area (Å²) in [6.45, 7) is 7.44. The number of carbonyl (C=O) groups is 2. The first-order valence-corrected chi connectivity index (χ1v) is 12.4. The van der Waals surface area contributed by atoms with Crippen LogP contribution in [0, 0.1) is 12.8 Å². The highest BCUT2D eigenvalue weighted by atomic mass is 32.1. The van der Waals surface area contributed by atoms with Crippen LogP contribution in [0.25, 0.3) is 11.0 Å². The van der Waals surface area contributed by atoms with Crippen molar-refractivity contribution in [2.75, 3.05) is 17.7 Å². The number of rotatable bonds is 9. The molecule has 0 fully saturated rings. The Labute approximate surface area is 209 Å². The molecule has 35 heavy (non-hydrogen) atoms. The van der Waals surface area contributed by atoms with Gasteiger partial charge in [0.2, 0.25) is 5.91 Å². The predicted molar refractivity (Wildman–Crippen MR) is 141 cm³/mol. The van der Waals surface area contributed by atoms with E-state index in [4.69, 9.17) is 4.74 Å². The van der Waals surface area contributed by atoms with Crippen molar-refractivity contribution in [2.45, 2.75) is 40.3 Å². The van der Waals surface area contributed by atoms with Crippen molar-refractivity contribution in [3.63, 3.8) is 0 Å². The summed E-state index contributed by atoms with van der Waals surface area (Å²) in [4.78, 5) is 33.1. The molecule has 0 aliphatic heterocycles. The molecule has 3 heterocycles. The normalized spacial score (nSPS) is 11.1. The van der Waals surface area contributed by atoms with Crippen LogP contribution >= 0.6 is 11.3 Å². The van der Waals surface area contributed by atoms with E-state index in [1.165, 1.54) is 16.9 Å². The number of carbonyl (C=O) groups excluding carboxylic acids is 2. The maximum absolute atomic E-state index is 13.0. The Bertz CT molecular complexity index is 1340. The molecule has 0 aliphatic carbocycles. The third-order valence-corrected chi connectivity index (χ3v) is 6.56. The van der Waals surface area contributed by atoms with Crippen LogP contribution in [0.1, 0.15) is 39.7 Å². The van der Waals surface area contributed by atoms with Crippen LogP contribution < -0.4 is 10.6 Å². The lowest BCUT2D eigenvalue weighted by Gasteiger charge is -2.12. The van der Waals surface area contributed by atoms with Crippen molar-refractivity contribution in [3.8, 4) is 0 Å². The number of hydrogen-bond acceptors (Lipinski definition) is 6. The Balaban J connectivity index is 1.74. The summed E-state index contributed by atoms with van der Waals surface area (Å²) in [5.41, 5.74) is 3.06. The van der Waals surface area contributed by atoms with Crippen LogP contribution in [-0.4, -0.2) is 28.5 Å². The van der Waals surface area contributed by atoms with Crippen molar-refractivity contribution in [2.24, 2.45) is 5.92 Å². The number of anilines is 2. The molecule has 0 bridgehead atoms. The lowest BCUT2D eigenvalue weighted by Crippen LogP contribution is -2.19. The lowest BCUT2D eigenvalue weighted by atomic mass is 10.1. The molecule has 0 saturated heterocycles. The van der Waals surface area contributed by atoms with Crippen molar-refractivity contribution >= 4 is 45.6 Å². The molecule has 0 saturated carbocycles. The van der Waals surface area contributed by atoms with E-state index in [0.29, 0.717) is 35.5 Å². The highest BCUT2D eigenvalue weighted by Crippen LogP contribution is 2.33. The Hall–Kier alpha value is -3.65. The second kappa shape index (κ2) is 10.7. The standard InChI is InChI=1S/C27H30N4O3S/c1-17(2)16-31-25(27(33)34-4)24(30-23(32)12-19-8-6-5-7-9-19)22-13-20(14-29-26(22)31)28-15-21-11-10-18(3)35-21/h5-11,13-14,17,28H,12,15-16H2,1-4H3,(H,30,32). The van der Waals surface area contributed by atoms with E-state index in [1.54, 1.807) is 17.5 Å². The molecule has 2 N–H and O–H groups in total. The predicted octanol–water partition coefficient (Wildman–Crippen LogP) is 5.64. The molecule has 1 amide bonds. The van der Waals surface area contributed by atoms with Gasteiger partial charge >= 0.3 is 5.97 Å². The molecule has 0 unspecified atom stereocenters. The van der Waals surface area contributed by atoms with Crippen LogP contribution in [0.5, 0.6) is 0 Å². The highest BCUT2D eigenvalue weighted by Gasteiger charge is 2.26. The number of nitrogens with zero attached hydrogens (tertiary/aromatic N) is 2. The first kappa shape index (κ1) is 24.5. The minimum atomic E-state index is -0.512. The molecule has 0 spiro atoms. The maximum atomic E-state index is 13.0. The number of ether oxygens (including phenoxy) is 1. The zero-order valence-corrected chi connectivity index (χ0v) is 21.2. The second-order valence-electron chi connectivity index (χ2n) is 8.89. The Morgan fingerprint density at radius 1 is 1.14 bits per heavy atom. The summed E-state index contributed by atoms with van der Waals surface area (Å²) in [6.07, 6.45) is 1.96. The smallest absolute Gasteiger partial charge is 0.356 e. The molecule has 182 valence electrons. The average Bonchev–Trinajstić information content (AvgIpc) is 3.38. The number of benzene rings is 1. The van der Waals surface area contributed by atoms with E-state index < -0.39 is 5.97 Å². The molecule has 7 nitrogen and oxygen atoms in total. The zero-order valence-electron chi connectivity index (χ0n) is 20.4. The number of fused-ring (bicyclic) bond motifs is 1. The molecule has 0 atom stereocenters. The quantitative estimate of drug-likeness (QED) is 0.297. The summed E-state index contributed by atoms with van der Waals surface area (Å²) < 4.78 is 6.96. The number of aryl methyl sites for hydroxylation is 1. The van der Waals surface area contributed by atoms with Gasteiger partial charge in [-0.1, -0.05) is 44.2 Å². The topological polar surface area (TPSA) is 85.2 Å². The third kappa shape index (κ3) is 5.71. The summed E-state index contributed by atoms with van der Waals surface area (Å²) in [7, 11) is 1.35. The zero-order chi connectivity index (χ0) is 24.9. The largest absolute Gasteiger partial charge is 0.464 e. The number of thiophene rings is 1. The van der Waals surface area contributed by atoms with E-state index in [-0.39, 0.29) is 18.2 Å². The fourth-order valence-electron chi connectivity index (χ4n) is 4.03. The molecule has 1 aromatic carbocycles. The van der Waals surface area contributed by atoms with Gasteiger partial charge in [0.25, 0.3) is 0 Å². The van der Waals surface area contributed by atoms with Crippen LogP contribution in [0.15, 0.2) is 54.7 Å². The molecular weight excluding hydrogens is 460 g/mol. The minimum Gasteiger partial charge on any atom is -0.464 e. The molecule has 4 aromatic rings. The van der Waals surface area contributed by atoms with Crippen LogP contribution in [0.2, 0.25) is 0 Å². The van der Waals surface area contributed by atoms with E-state index in [0.717, 1.165) is 11.3 Å². The molecular formula is C27H30N4O3S. The van der Waals surface area contributed by atoms with Gasteiger partial charge in [-0.25, -0.2) is 9.78 Å². The summed E-state index contributed by atoms with van der Waals surface area (Å²) in [5.74, 6) is -0.469. The van der Waals surface area contributed by atoms with Crippen molar-refractivity contribution in [1.82, 2.24) is 9.55 Å². The number of esters is 1. The maximum Gasteiger partial charge on any atom is 0.356 e. The molecule has 3 aromatic heterocycles.